The Hall–Kier alpha value is -2.70. The number of fused-ring (bicyclic) bond motifs is 2. The summed E-state index contributed by atoms with van der Waals surface area (Å²) in [5.74, 6) is -0.469. The molecule has 6 nitrogen and oxygen atoms in total. The molecule has 0 saturated heterocycles. The number of rotatable bonds is 4. The number of hydrogen-bond acceptors (Lipinski definition) is 5. The van der Waals surface area contributed by atoms with Gasteiger partial charge >= 0.3 is 0 Å². The first-order valence-corrected chi connectivity index (χ1v) is 13.2. The Kier molecular flexibility index (Phi) is 5.75. The molecule has 0 saturated carbocycles. The molecule has 0 radical (unpaired) electrons. The Morgan fingerprint density at radius 1 is 1.12 bits per heavy atom. The van der Waals surface area contributed by atoms with Crippen LogP contribution in [-0.2, 0) is 35.8 Å². The number of nitriles is 1. The molecule has 1 amide bonds. The van der Waals surface area contributed by atoms with Crippen molar-refractivity contribution < 1.29 is 13.2 Å². The van der Waals surface area contributed by atoms with E-state index in [1.165, 1.54) is 33.8 Å². The van der Waals surface area contributed by atoms with Crippen molar-refractivity contribution in [3.05, 3.63) is 80.2 Å². The Morgan fingerprint density at radius 3 is 2.70 bits per heavy atom. The quantitative estimate of drug-likeness (QED) is 0.562. The Balaban J connectivity index is 1.43. The van der Waals surface area contributed by atoms with Gasteiger partial charge in [0, 0.05) is 23.5 Å². The van der Waals surface area contributed by atoms with Crippen molar-refractivity contribution in [3.63, 3.8) is 0 Å². The van der Waals surface area contributed by atoms with Crippen LogP contribution in [0, 0.1) is 11.3 Å². The molecule has 1 N–H and O–H groups in total. The summed E-state index contributed by atoms with van der Waals surface area (Å²) in [6.45, 7) is 0.607. The number of hydrogen-bond donors (Lipinski definition) is 1. The molecule has 9 heteroatoms. The smallest absolute Gasteiger partial charge is 0.256 e. The number of thiophene rings is 1. The maximum atomic E-state index is 13.4. The normalized spacial score (nSPS) is 15.5. The van der Waals surface area contributed by atoms with E-state index >= 15 is 0 Å². The monoisotopic (exact) mass is 497 g/mol. The van der Waals surface area contributed by atoms with E-state index in [9.17, 15) is 18.5 Å². The van der Waals surface area contributed by atoms with Crippen LogP contribution in [0.25, 0.3) is 0 Å². The van der Waals surface area contributed by atoms with Crippen LogP contribution in [0.3, 0.4) is 0 Å². The number of carbonyl (C=O) groups excluding carboxylic acids is 1. The van der Waals surface area contributed by atoms with E-state index in [2.05, 4.69) is 11.4 Å². The molecule has 2 heterocycles. The highest BCUT2D eigenvalue weighted by Crippen LogP contribution is 2.39. The SMILES string of the molecule is N#Cc1c(NC(=O)c2ccc(Cl)c(S(=O)(=O)N3CCc4ccccc4C3)c2)sc2c1CCC2. The van der Waals surface area contributed by atoms with Crippen LogP contribution in [0.1, 0.15) is 43.9 Å². The predicted molar refractivity (Wildman–Crippen MR) is 128 cm³/mol. The van der Waals surface area contributed by atoms with Crippen molar-refractivity contribution >= 4 is 43.9 Å². The van der Waals surface area contributed by atoms with Gasteiger partial charge in [-0.3, -0.25) is 4.79 Å². The van der Waals surface area contributed by atoms with E-state index in [1.807, 2.05) is 24.3 Å². The highest BCUT2D eigenvalue weighted by Gasteiger charge is 2.31. The number of carbonyl (C=O) groups is 1. The zero-order chi connectivity index (χ0) is 23.2. The lowest BCUT2D eigenvalue weighted by molar-refractivity contribution is 0.102. The van der Waals surface area contributed by atoms with E-state index in [-0.39, 0.29) is 22.0 Å². The van der Waals surface area contributed by atoms with Gasteiger partial charge in [-0.05, 0) is 60.6 Å². The standard InChI is InChI=1S/C24H20ClN3O3S2/c25-20-9-8-16(23(29)27-24-19(13-26)18-6-3-7-21(18)32-24)12-22(20)33(30,31)28-11-10-15-4-1-2-5-17(15)14-28/h1-2,4-5,8-9,12H,3,6-7,10-11,14H2,(H,27,29). The fourth-order valence-electron chi connectivity index (χ4n) is 4.44. The van der Waals surface area contributed by atoms with Crippen LogP contribution in [0.2, 0.25) is 5.02 Å². The molecule has 1 aliphatic carbocycles. The lowest BCUT2D eigenvalue weighted by Crippen LogP contribution is -2.36. The highest BCUT2D eigenvalue weighted by molar-refractivity contribution is 7.89. The molecule has 5 rings (SSSR count). The van der Waals surface area contributed by atoms with Gasteiger partial charge in [-0.2, -0.15) is 9.57 Å². The minimum atomic E-state index is -3.90. The third kappa shape index (κ3) is 3.96. The molecule has 0 bridgehead atoms. The van der Waals surface area contributed by atoms with Crippen LogP contribution in [0.4, 0.5) is 5.00 Å². The van der Waals surface area contributed by atoms with Gasteiger partial charge in [0.15, 0.2) is 0 Å². The van der Waals surface area contributed by atoms with Gasteiger partial charge in [-0.1, -0.05) is 35.9 Å². The van der Waals surface area contributed by atoms with E-state index < -0.39 is 15.9 Å². The first kappa shape index (κ1) is 22.1. The summed E-state index contributed by atoms with van der Waals surface area (Å²) in [7, 11) is -3.90. The first-order chi connectivity index (χ1) is 15.9. The minimum Gasteiger partial charge on any atom is -0.312 e. The second kappa shape index (κ2) is 8.58. The molecule has 1 aliphatic heterocycles. The molecule has 168 valence electrons. The van der Waals surface area contributed by atoms with Crippen molar-refractivity contribution in [2.75, 3.05) is 11.9 Å². The lowest BCUT2D eigenvalue weighted by Gasteiger charge is -2.28. The van der Waals surface area contributed by atoms with Crippen LogP contribution in [0.15, 0.2) is 47.4 Å². The number of nitrogens with one attached hydrogen (secondary N) is 1. The van der Waals surface area contributed by atoms with Gasteiger partial charge in [-0.15, -0.1) is 11.3 Å². The maximum Gasteiger partial charge on any atom is 0.256 e. The Labute approximate surface area is 201 Å². The summed E-state index contributed by atoms with van der Waals surface area (Å²) in [6.07, 6.45) is 3.39. The van der Waals surface area contributed by atoms with Crippen LogP contribution in [-0.4, -0.2) is 25.2 Å². The summed E-state index contributed by atoms with van der Waals surface area (Å²) in [5, 5.41) is 12.9. The average Bonchev–Trinajstić information content (AvgIpc) is 3.39. The number of amides is 1. The average molecular weight is 498 g/mol. The van der Waals surface area contributed by atoms with Crippen molar-refractivity contribution in [3.8, 4) is 6.07 Å². The Bertz CT molecular complexity index is 1420. The molecule has 0 atom stereocenters. The summed E-state index contributed by atoms with van der Waals surface area (Å²) in [4.78, 5) is 14.0. The number of nitrogens with zero attached hydrogens (tertiary/aromatic N) is 2. The van der Waals surface area contributed by atoms with E-state index in [0.717, 1.165) is 40.8 Å². The molecule has 33 heavy (non-hydrogen) atoms. The maximum absolute atomic E-state index is 13.4. The summed E-state index contributed by atoms with van der Waals surface area (Å²) >= 11 is 7.70. The van der Waals surface area contributed by atoms with Crippen molar-refractivity contribution in [2.45, 2.75) is 37.1 Å². The zero-order valence-electron chi connectivity index (χ0n) is 17.6. The van der Waals surface area contributed by atoms with Gasteiger partial charge in [0.05, 0.1) is 10.6 Å². The fraction of sp³-hybridized carbons (Fsp3) is 0.250. The summed E-state index contributed by atoms with van der Waals surface area (Å²) in [6, 6.07) is 14.2. The van der Waals surface area contributed by atoms with Gasteiger partial charge in [-0.25, -0.2) is 8.42 Å². The fourth-order valence-corrected chi connectivity index (χ4v) is 7.60. The molecule has 0 unspecified atom stereocenters. The van der Waals surface area contributed by atoms with Gasteiger partial charge in [0.1, 0.15) is 16.0 Å². The van der Waals surface area contributed by atoms with Crippen molar-refractivity contribution in [1.82, 2.24) is 4.31 Å². The second-order valence-electron chi connectivity index (χ2n) is 8.13. The first-order valence-electron chi connectivity index (χ1n) is 10.6. The molecule has 2 aliphatic rings. The number of aryl methyl sites for hydroxylation is 1. The molecule has 0 spiro atoms. The van der Waals surface area contributed by atoms with E-state index in [4.69, 9.17) is 11.6 Å². The van der Waals surface area contributed by atoms with E-state index in [1.54, 1.807) is 0 Å². The number of anilines is 1. The van der Waals surface area contributed by atoms with Crippen LogP contribution in [0.5, 0.6) is 0 Å². The molecule has 0 fully saturated rings. The summed E-state index contributed by atoms with van der Waals surface area (Å²) < 4.78 is 28.2. The molecule has 2 aromatic carbocycles. The number of benzene rings is 2. The van der Waals surface area contributed by atoms with Crippen LogP contribution >= 0.6 is 22.9 Å². The molecular formula is C24H20ClN3O3S2. The largest absolute Gasteiger partial charge is 0.312 e. The number of halogens is 1. The zero-order valence-corrected chi connectivity index (χ0v) is 20.0. The van der Waals surface area contributed by atoms with Gasteiger partial charge < -0.3 is 5.32 Å². The van der Waals surface area contributed by atoms with Gasteiger partial charge in [0.25, 0.3) is 5.91 Å². The summed E-state index contributed by atoms with van der Waals surface area (Å²) in [5.41, 5.74) is 3.80. The Morgan fingerprint density at radius 2 is 1.91 bits per heavy atom. The number of sulfonamides is 1. The molecule has 3 aromatic rings. The van der Waals surface area contributed by atoms with Gasteiger partial charge in [0.2, 0.25) is 10.0 Å². The second-order valence-corrected chi connectivity index (χ2v) is 11.5. The van der Waals surface area contributed by atoms with Crippen LogP contribution < -0.4 is 5.32 Å². The van der Waals surface area contributed by atoms with Crippen molar-refractivity contribution in [1.29, 1.82) is 5.26 Å². The molecule has 1 aromatic heterocycles. The topological polar surface area (TPSA) is 90.3 Å². The van der Waals surface area contributed by atoms with E-state index in [0.29, 0.717) is 23.5 Å². The highest BCUT2D eigenvalue weighted by atomic mass is 35.5. The lowest BCUT2D eigenvalue weighted by atomic mass is 10.0. The van der Waals surface area contributed by atoms with Crippen molar-refractivity contribution in [2.24, 2.45) is 0 Å². The minimum absolute atomic E-state index is 0.0678. The third-order valence-corrected chi connectivity index (χ3v) is 9.70. The third-order valence-electron chi connectivity index (χ3n) is 6.17. The predicted octanol–water partition coefficient (Wildman–Crippen LogP) is 4.76. The molecular weight excluding hydrogens is 478 g/mol.